The van der Waals surface area contributed by atoms with Crippen LogP contribution in [-0.2, 0) is 13.1 Å². The minimum atomic E-state index is 0.444. The van der Waals surface area contributed by atoms with Crippen LogP contribution in [0.15, 0.2) is 30.6 Å². The highest BCUT2D eigenvalue weighted by atomic mass is 16.5. The maximum atomic E-state index is 5.71. The fourth-order valence-corrected chi connectivity index (χ4v) is 2.63. The Bertz CT molecular complexity index is 593. The van der Waals surface area contributed by atoms with Crippen LogP contribution in [0.2, 0.25) is 0 Å². The van der Waals surface area contributed by atoms with E-state index in [9.17, 15) is 0 Å². The average molecular weight is 286 g/mol. The lowest BCUT2D eigenvalue weighted by Crippen LogP contribution is -2.23. The van der Waals surface area contributed by atoms with Crippen LogP contribution in [0.4, 0.5) is 0 Å². The number of ether oxygens (including phenoxy) is 1. The predicted molar refractivity (Wildman–Crippen MR) is 81.3 cm³/mol. The quantitative estimate of drug-likeness (QED) is 0.916. The van der Waals surface area contributed by atoms with Crippen molar-refractivity contribution in [3.05, 3.63) is 42.0 Å². The van der Waals surface area contributed by atoms with E-state index in [0.29, 0.717) is 12.0 Å². The van der Waals surface area contributed by atoms with Crippen LogP contribution >= 0.6 is 0 Å². The summed E-state index contributed by atoms with van der Waals surface area (Å²) in [6.07, 6.45) is 2.85. The molecular weight excluding hydrogens is 264 g/mol. The molecule has 0 bridgehead atoms. The van der Waals surface area contributed by atoms with E-state index in [4.69, 9.17) is 4.74 Å². The minimum absolute atomic E-state index is 0.444. The standard InChI is InChI=1S/C16H22N4O/c1-12(2)17-9-16-18-11-20(19-16)10-13-7-8-21-15-6-4-3-5-14(13)15/h3-6,11-13,17H,7-10H2,1-2H3. The molecule has 2 heterocycles. The number of hydrogen-bond acceptors (Lipinski definition) is 4. The molecular formula is C16H22N4O. The molecule has 1 atom stereocenters. The van der Waals surface area contributed by atoms with Gasteiger partial charge in [0, 0.05) is 18.5 Å². The third-order valence-electron chi connectivity index (χ3n) is 3.74. The highest BCUT2D eigenvalue weighted by Crippen LogP contribution is 2.34. The first-order valence-electron chi connectivity index (χ1n) is 7.56. The van der Waals surface area contributed by atoms with Gasteiger partial charge in [-0.3, -0.25) is 4.68 Å². The molecule has 3 rings (SSSR count). The molecule has 0 spiro atoms. The second kappa shape index (κ2) is 6.26. The normalized spacial score (nSPS) is 17.6. The fourth-order valence-electron chi connectivity index (χ4n) is 2.63. The molecule has 5 heteroatoms. The number of nitrogens with one attached hydrogen (secondary N) is 1. The molecule has 1 aromatic heterocycles. The van der Waals surface area contributed by atoms with Gasteiger partial charge < -0.3 is 10.1 Å². The summed E-state index contributed by atoms with van der Waals surface area (Å²) in [6.45, 7) is 6.59. The largest absolute Gasteiger partial charge is 0.493 e. The lowest BCUT2D eigenvalue weighted by atomic mass is 9.93. The van der Waals surface area contributed by atoms with Crippen molar-refractivity contribution in [1.82, 2.24) is 20.1 Å². The fraction of sp³-hybridized carbons (Fsp3) is 0.500. The number of benzene rings is 1. The lowest BCUT2D eigenvalue weighted by Gasteiger charge is -2.25. The predicted octanol–water partition coefficient (Wildman–Crippen LogP) is 2.34. The van der Waals surface area contributed by atoms with Crippen LogP contribution in [0.5, 0.6) is 5.75 Å². The third kappa shape index (κ3) is 3.42. The molecule has 112 valence electrons. The van der Waals surface area contributed by atoms with Gasteiger partial charge in [-0.1, -0.05) is 32.0 Å². The van der Waals surface area contributed by atoms with Gasteiger partial charge in [0.25, 0.3) is 0 Å². The van der Waals surface area contributed by atoms with Gasteiger partial charge in [0.15, 0.2) is 5.82 Å². The van der Waals surface area contributed by atoms with E-state index in [2.05, 4.69) is 41.4 Å². The van der Waals surface area contributed by atoms with Gasteiger partial charge in [0.1, 0.15) is 12.1 Å². The molecule has 0 saturated carbocycles. The summed E-state index contributed by atoms with van der Waals surface area (Å²) in [5, 5.41) is 7.89. The van der Waals surface area contributed by atoms with Gasteiger partial charge in [-0.15, -0.1) is 0 Å². The molecule has 1 N–H and O–H groups in total. The Hall–Kier alpha value is -1.88. The number of aromatic nitrogens is 3. The Labute approximate surface area is 125 Å². The minimum Gasteiger partial charge on any atom is -0.493 e. The molecule has 0 amide bonds. The molecule has 1 aliphatic heterocycles. The molecule has 0 fully saturated rings. The molecule has 1 unspecified atom stereocenters. The first-order valence-corrected chi connectivity index (χ1v) is 7.56. The zero-order chi connectivity index (χ0) is 14.7. The first kappa shape index (κ1) is 14.1. The van der Waals surface area contributed by atoms with Crippen molar-refractivity contribution < 1.29 is 4.74 Å². The van der Waals surface area contributed by atoms with E-state index in [1.54, 1.807) is 0 Å². The first-order chi connectivity index (χ1) is 10.2. The summed E-state index contributed by atoms with van der Waals surface area (Å²) < 4.78 is 7.65. The average Bonchev–Trinajstić information content (AvgIpc) is 2.93. The van der Waals surface area contributed by atoms with Crippen LogP contribution in [0.25, 0.3) is 0 Å². The van der Waals surface area contributed by atoms with Gasteiger partial charge in [-0.25, -0.2) is 4.98 Å². The van der Waals surface area contributed by atoms with Gasteiger partial charge in [0.2, 0.25) is 0 Å². The second-order valence-electron chi connectivity index (χ2n) is 5.79. The smallest absolute Gasteiger partial charge is 0.164 e. The topological polar surface area (TPSA) is 52.0 Å². The monoisotopic (exact) mass is 286 g/mol. The van der Waals surface area contributed by atoms with Crippen molar-refractivity contribution in [2.24, 2.45) is 0 Å². The molecule has 2 aromatic rings. The molecule has 1 aromatic carbocycles. The SMILES string of the molecule is CC(C)NCc1ncn(CC2CCOc3ccccc32)n1. The van der Waals surface area contributed by atoms with Crippen molar-refractivity contribution in [2.75, 3.05) is 6.61 Å². The van der Waals surface area contributed by atoms with Gasteiger partial charge in [0.05, 0.1) is 13.2 Å². The maximum Gasteiger partial charge on any atom is 0.164 e. The summed E-state index contributed by atoms with van der Waals surface area (Å²) in [5.74, 6) is 2.31. The van der Waals surface area contributed by atoms with E-state index in [1.807, 2.05) is 23.1 Å². The van der Waals surface area contributed by atoms with E-state index in [0.717, 1.165) is 37.7 Å². The Balaban J connectivity index is 1.67. The van der Waals surface area contributed by atoms with Gasteiger partial charge in [-0.2, -0.15) is 5.10 Å². The molecule has 5 nitrogen and oxygen atoms in total. The summed E-state index contributed by atoms with van der Waals surface area (Å²) in [6, 6.07) is 8.73. The molecule has 0 aliphatic carbocycles. The molecule has 21 heavy (non-hydrogen) atoms. The molecule has 0 saturated heterocycles. The lowest BCUT2D eigenvalue weighted by molar-refractivity contribution is 0.256. The molecule has 0 radical (unpaired) electrons. The van der Waals surface area contributed by atoms with Crippen LogP contribution in [0.1, 0.15) is 37.6 Å². The number of nitrogens with zero attached hydrogens (tertiary/aromatic N) is 3. The van der Waals surface area contributed by atoms with E-state index in [1.165, 1.54) is 5.56 Å². The summed E-state index contributed by atoms with van der Waals surface area (Å²) in [7, 11) is 0. The number of para-hydroxylation sites is 1. The molecule has 1 aliphatic rings. The summed E-state index contributed by atoms with van der Waals surface area (Å²) in [4.78, 5) is 4.37. The number of fused-ring (bicyclic) bond motifs is 1. The van der Waals surface area contributed by atoms with E-state index >= 15 is 0 Å². The Morgan fingerprint density at radius 1 is 1.38 bits per heavy atom. The van der Waals surface area contributed by atoms with E-state index < -0.39 is 0 Å². The van der Waals surface area contributed by atoms with Crippen LogP contribution in [0.3, 0.4) is 0 Å². The zero-order valence-electron chi connectivity index (χ0n) is 12.6. The number of hydrogen-bond donors (Lipinski definition) is 1. The zero-order valence-corrected chi connectivity index (χ0v) is 12.6. The van der Waals surface area contributed by atoms with Crippen molar-refractivity contribution in [1.29, 1.82) is 0 Å². The Morgan fingerprint density at radius 2 is 2.24 bits per heavy atom. The van der Waals surface area contributed by atoms with Gasteiger partial charge >= 0.3 is 0 Å². The van der Waals surface area contributed by atoms with E-state index in [-0.39, 0.29) is 0 Å². The third-order valence-corrected chi connectivity index (χ3v) is 3.74. The summed E-state index contributed by atoms with van der Waals surface area (Å²) >= 11 is 0. The van der Waals surface area contributed by atoms with Crippen molar-refractivity contribution in [3.63, 3.8) is 0 Å². The van der Waals surface area contributed by atoms with Crippen molar-refractivity contribution >= 4 is 0 Å². The van der Waals surface area contributed by atoms with Crippen molar-refractivity contribution in [3.8, 4) is 5.75 Å². The van der Waals surface area contributed by atoms with Crippen molar-refractivity contribution in [2.45, 2.75) is 45.3 Å². The highest BCUT2D eigenvalue weighted by Gasteiger charge is 2.21. The van der Waals surface area contributed by atoms with Crippen LogP contribution < -0.4 is 10.1 Å². The maximum absolute atomic E-state index is 5.71. The number of rotatable bonds is 5. The van der Waals surface area contributed by atoms with Crippen LogP contribution in [-0.4, -0.2) is 27.4 Å². The van der Waals surface area contributed by atoms with Crippen LogP contribution in [0, 0.1) is 0 Å². The Morgan fingerprint density at radius 3 is 3.10 bits per heavy atom. The second-order valence-corrected chi connectivity index (χ2v) is 5.79. The van der Waals surface area contributed by atoms with Gasteiger partial charge in [-0.05, 0) is 18.1 Å². The Kier molecular flexibility index (Phi) is 4.20. The summed E-state index contributed by atoms with van der Waals surface area (Å²) in [5.41, 5.74) is 1.28. The highest BCUT2D eigenvalue weighted by molar-refractivity contribution is 5.37.